The number of aromatic nitrogens is 4. The highest BCUT2D eigenvalue weighted by Gasteiger charge is 2.14. The molecule has 1 N–H and O–H groups in total. The van der Waals surface area contributed by atoms with Gasteiger partial charge < -0.3 is 8.98 Å². The van der Waals surface area contributed by atoms with Gasteiger partial charge in [-0.25, -0.2) is 9.97 Å². The number of imidazole rings is 1. The Morgan fingerprint density at radius 1 is 1.33 bits per heavy atom. The highest BCUT2D eigenvalue weighted by atomic mass is 32.2. The molecule has 0 radical (unpaired) electrons. The minimum absolute atomic E-state index is 0.253. The molecule has 0 unspecified atom stereocenters. The van der Waals surface area contributed by atoms with Crippen LogP contribution in [0, 0.1) is 0 Å². The number of rotatable bonds is 6. The highest BCUT2D eigenvalue weighted by Crippen LogP contribution is 2.25. The van der Waals surface area contributed by atoms with Crippen LogP contribution < -0.4 is 5.32 Å². The van der Waals surface area contributed by atoms with Crippen molar-refractivity contribution in [2.45, 2.75) is 10.9 Å². The van der Waals surface area contributed by atoms with Crippen molar-refractivity contribution in [1.82, 2.24) is 19.5 Å². The SMILES string of the molecule is Cn1ccnc1SCc1ccc(C(=O)Nc2nc(-c3cccnc3)cs2)o1. The third-order valence-corrected chi connectivity index (χ3v) is 5.53. The van der Waals surface area contributed by atoms with E-state index in [1.807, 2.05) is 35.3 Å². The van der Waals surface area contributed by atoms with Crippen molar-refractivity contribution >= 4 is 34.1 Å². The number of anilines is 1. The van der Waals surface area contributed by atoms with Crippen LogP contribution in [-0.2, 0) is 12.8 Å². The van der Waals surface area contributed by atoms with E-state index >= 15 is 0 Å². The van der Waals surface area contributed by atoms with E-state index < -0.39 is 0 Å². The number of pyridine rings is 1. The summed E-state index contributed by atoms with van der Waals surface area (Å²) < 4.78 is 7.58. The molecular weight excluding hydrogens is 382 g/mol. The summed E-state index contributed by atoms with van der Waals surface area (Å²) in [6.07, 6.45) is 7.08. The summed E-state index contributed by atoms with van der Waals surface area (Å²) in [7, 11) is 1.93. The minimum atomic E-state index is -0.324. The Morgan fingerprint density at radius 3 is 3.04 bits per heavy atom. The molecule has 0 aromatic carbocycles. The van der Waals surface area contributed by atoms with Crippen LogP contribution in [0.4, 0.5) is 5.13 Å². The highest BCUT2D eigenvalue weighted by molar-refractivity contribution is 7.98. The van der Waals surface area contributed by atoms with Gasteiger partial charge in [0.2, 0.25) is 0 Å². The average Bonchev–Trinajstić information content (AvgIpc) is 3.42. The standard InChI is InChI=1S/C18H15N5O2S2/c1-23-8-7-20-18(23)27-10-13-4-5-15(25-13)16(24)22-17-21-14(11-26-17)12-3-2-6-19-9-12/h2-9,11H,10H2,1H3,(H,21,22,24). The summed E-state index contributed by atoms with van der Waals surface area (Å²) >= 11 is 2.90. The molecule has 4 rings (SSSR count). The lowest BCUT2D eigenvalue weighted by atomic mass is 10.2. The molecule has 0 fully saturated rings. The first-order valence-corrected chi connectivity index (χ1v) is 9.91. The van der Waals surface area contributed by atoms with Crippen molar-refractivity contribution in [3.63, 3.8) is 0 Å². The molecule has 136 valence electrons. The van der Waals surface area contributed by atoms with Crippen LogP contribution in [0.1, 0.15) is 16.3 Å². The van der Waals surface area contributed by atoms with Crippen LogP contribution >= 0.6 is 23.1 Å². The van der Waals surface area contributed by atoms with E-state index in [0.29, 0.717) is 16.6 Å². The van der Waals surface area contributed by atoms with Crippen LogP contribution in [-0.4, -0.2) is 25.4 Å². The van der Waals surface area contributed by atoms with Gasteiger partial charge >= 0.3 is 0 Å². The second-order valence-corrected chi connectivity index (χ2v) is 7.41. The molecule has 0 saturated heterocycles. The summed E-state index contributed by atoms with van der Waals surface area (Å²) in [5, 5.41) is 6.06. The van der Waals surface area contributed by atoms with Gasteiger partial charge in [0.05, 0.1) is 11.4 Å². The maximum Gasteiger partial charge on any atom is 0.293 e. The number of furan rings is 1. The smallest absolute Gasteiger partial charge is 0.293 e. The number of aryl methyl sites for hydroxylation is 1. The van der Waals surface area contributed by atoms with Crippen molar-refractivity contribution < 1.29 is 9.21 Å². The number of hydrogen-bond donors (Lipinski definition) is 1. The lowest BCUT2D eigenvalue weighted by Gasteiger charge is -2.00. The molecule has 9 heteroatoms. The number of nitrogens with one attached hydrogen (secondary N) is 1. The Balaban J connectivity index is 1.38. The third-order valence-electron chi connectivity index (χ3n) is 3.69. The lowest BCUT2D eigenvalue weighted by molar-refractivity contribution is 0.0995. The molecule has 0 spiro atoms. The number of carbonyl (C=O) groups is 1. The molecule has 0 aliphatic rings. The Morgan fingerprint density at radius 2 is 2.26 bits per heavy atom. The summed E-state index contributed by atoms with van der Waals surface area (Å²) in [6.45, 7) is 0. The minimum Gasteiger partial charge on any atom is -0.455 e. The molecule has 4 heterocycles. The molecule has 0 aliphatic carbocycles. The van der Waals surface area contributed by atoms with Crippen LogP contribution in [0.3, 0.4) is 0 Å². The van der Waals surface area contributed by atoms with Crippen molar-refractivity contribution in [2.75, 3.05) is 5.32 Å². The van der Waals surface area contributed by atoms with Gasteiger partial charge in [0.1, 0.15) is 5.76 Å². The van der Waals surface area contributed by atoms with Crippen LogP contribution in [0.2, 0.25) is 0 Å². The zero-order chi connectivity index (χ0) is 18.6. The molecule has 4 aromatic heterocycles. The van der Waals surface area contributed by atoms with Gasteiger partial charge in [-0.05, 0) is 24.3 Å². The van der Waals surface area contributed by atoms with Crippen LogP contribution in [0.25, 0.3) is 11.3 Å². The number of carbonyl (C=O) groups excluding carboxylic acids is 1. The summed E-state index contributed by atoms with van der Waals surface area (Å²) in [4.78, 5) is 25.1. The lowest BCUT2D eigenvalue weighted by Crippen LogP contribution is -2.10. The van der Waals surface area contributed by atoms with Crippen molar-refractivity contribution in [2.24, 2.45) is 7.05 Å². The van der Waals surface area contributed by atoms with E-state index in [1.54, 1.807) is 42.5 Å². The maximum absolute atomic E-state index is 12.4. The fourth-order valence-electron chi connectivity index (χ4n) is 2.34. The normalized spacial score (nSPS) is 10.9. The summed E-state index contributed by atoms with van der Waals surface area (Å²) in [6, 6.07) is 7.24. The van der Waals surface area contributed by atoms with Gasteiger partial charge in [0, 0.05) is 42.8 Å². The molecule has 0 aliphatic heterocycles. The molecule has 0 atom stereocenters. The molecule has 4 aromatic rings. The number of hydrogen-bond acceptors (Lipinski definition) is 7. The first kappa shape index (κ1) is 17.5. The summed E-state index contributed by atoms with van der Waals surface area (Å²) in [5.74, 6) is 1.24. The van der Waals surface area contributed by atoms with Crippen molar-refractivity contribution in [3.8, 4) is 11.3 Å². The van der Waals surface area contributed by atoms with Gasteiger partial charge in [0.25, 0.3) is 5.91 Å². The quantitative estimate of drug-likeness (QED) is 0.494. The van der Waals surface area contributed by atoms with E-state index in [0.717, 1.165) is 16.4 Å². The van der Waals surface area contributed by atoms with Gasteiger partial charge in [-0.3, -0.25) is 15.1 Å². The van der Waals surface area contributed by atoms with Gasteiger partial charge in [-0.15, -0.1) is 11.3 Å². The predicted molar refractivity (Wildman–Crippen MR) is 105 cm³/mol. The Bertz CT molecular complexity index is 1050. The van der Waals surface area contributed by atoms with E-state index in [1.165, 1.54) is 11.3 Å². The van der Waals surface area contributed by atoms with E-state index in [9.17, 15) is 4.79 Å². The van der Waals surface area contributed by atoms with Crippen LogP contribution in [0.5, 0.6) is 0 Å². The Kier molecular flexibility index (Phi) is 5.03. The van der Waals surface area contributed by atoms with Crippen molar-refractivity contribution in [1.29, 1.82) is 0 Å². The largest absolute Gasteiger partial charge is 0.455 e. The second-order valence-electron chi connectivity index (χ2n) is 5.61. The van der Waals surface area contributed by atoms with Gasteiger partial charge in [-0.1, -0.05) is 11.8 Å². The summed E-state index contributed by atoms with van der Waals surface area (Å²) in [5.41, 5.74) is 1.68. The number of thioether (sulfide) groups is 1. The maximum atomic E-state index is 12.4. The molecule has 1 amide bonds. The zero-order valence-electron chi connectivity index (χ0n) is 14.3. The fourth-order valence-corrected chi connectivity index (χ4v) is 3.88. The van der Waals surface area contributed by atoms with Crippen LogP contribution in [0.15, 0.2) is 64.0 Å². The third kappa shape index (κ3) is 4.09. The number of amides is 1. The average molecular weight is 397 g/mol. The number of nitrogens with zero attached hydrogens (tertiary/aromatic N) is 4. The van der Waals surface area contributed by atoms with E-state index in [-0.39, 0.29) is 11.7 Å². The Labute approximate surface area is 163 Å². The van der Waals surface area contributed by atoms with Gasteiger partial charge in [0.15, 0.2) is 16.0 Å². The van der Waals surface area contributed by atoms with E-state index in [2.05, 4.69) is 20.3 Å². The second kappa shape index (κ2) is 7.77. The molecule has 7 nitrogen and oxygen atoms in total. The zero-order valence-corrected chi connectivity index (χ0v) is 16.0. The molecule has 0 bridgehead atoms. The molecule has 27 heavy (non-hydrogen) atoms. The first-order chi connectivity index (χ1) is 13.2. The number of thiazole rings is 1. The van der Waals surface area contributed by atoms with Crippen molar-refractivity contribution in [3.05, 3.63) is 66.0 Å². The van der Waals surface area contributed by atoms with Gasteiger partial charge in [-0.2, -0.15) is 0 Å². The monoisotopic (exact) mass is 397 g/mol. The first-order valence-electron chi connectivity index (χ1n) is 8.05. The van der Waals surface area contributed by atoms with E-state index in [4.69, 9.17) is 4.42 Å². The molecular formula is C18H15N5O2S2. The topological polar surface area (TPSA) is 85.8 Å². The molecule has 0 saturated carbocycles. The predicted octanol–water partition coefficient (Wildman–Crippen LogP) is 4.08. The fraction of sp³-hybridized carbons (Fsp3) is 0.111. The Hall–Kier alpha value is -2.91.